The van der Waals surface area contributed by atoms with E-state index in [2.05, 4.69) is 45.2 Å². The first-order valence-corrected chi connectivity index (χ1v) is 6.34. The number of benzene rings is 1. The average Bonchev–Trinajstić information content (AvgIpc) is 2.18. The third-order valence-corrected chi connectivity index (χ3v) is 3.27. The van der Waals surface area contributed by atoms with Crippen molar-refractivity contribution in [3.05, 3.63) is 43.1 Å². The van der Waals surface area contributed by atoms with Gasteiger partial charge in [-0.15, -0.1) is 0 Å². The van der Waals surface area contributed by atoms with E-state index in [1.165, 1.54) is 19.1 Å². The summed E-state index contributed by atoms with van der Waals surface area (Å²) >= 11 is 4.26. The van der Waals surface area contributed by atoms with Crippen LogP contribution in [0.2, 0.25) is 0 Å². The van der Waals surface area contributed by atoms with E-state index in [0.717, 1.165) is 7.14 Å². The highest BCUT2D eigenvalue weighted by atomic mass is 127. The van der Waals surface area contributed by atoms with Gasteiger partial charge in [-0.3, -0.25) is 9.59 Å². The van der Waals surface area contributed by atoms with E-state index < -0.39 is 0 Å². The van der Waals surface area contributed by atoms with E-state index in [1.807, 2.05) is 18.2 Å². The smallest absolute Gasteiger partial charge is 0.187 e. The first kappa shape index (κ1) is 12.8. The van der Waals surface area contributed by atoms with Crippen molar-refractivity contribution in [2.75, 3.05) is 0 Å². The molecule has 0 radical (unpaired) electrons. The Morgan fingerprint density at radius 3 is 2.47 bits per heavy atom. The summed E-state index contributed by atoms with van der Waals surface area (Å²) in [6.45, 7) is 1.42. The second kappa shape index (κ2) is 5.74. The molecule has 0 aliphatic carbocycles. The molecule has 1 aromatic carbocycles. The quantitative estimate of drug-likeness (QED) is 0.423. The Morgan fingerprint density at radius 2 is 1.87 bits per heavy atom. The predicted octanol–water partition coefficient (Wildman–Crippen LogP) is 3.22. The van der Waals surface area contributed by atoms with Crippen LogP contribution >= 0.6 is 45.2 Å². The third-order valence-electron chi connectivity index (χ3n) is 1.66. The van der Waals surface area contributed by atoms with Crippen molar-refractivity contribution in [1.29, 1.82) is 0 Å². The molecular formula is C11H8I2O2. The van der Waals surface area contributed by atoms with Crippen molar-refractivity contribution >= 4 is 56.7 Å². The fourth-order valence-electron chi connectivity index (χ4n) is 0.969. The van der Waals surface area contributed by atoms with E-state index in [-0.39, 0.29) is 11.6 Å². The van der Waals surface area contributed by atoms with Crippen LogP contribution in [0.3, 0.4) is 0 Å². The second-order valence-electron chi connectivity index (χ2n) is 2.93. The molecular weight excluding hydrogens is 418 g/mol. The summed E-state index contributed by atoms with van der Waals surface area (Å²) < 4.78 is 1.90. The molecule has 0 spiro atoms. The molecule has 0 atom stereocenters. The average molecular weight is 426 g/mol. The summed E-state index contributed by atoms with van der Waals surface area (Å²) in [6, 6.07) is 5.64. The molecule has 0 aromatic heterocycles. The van der Waals surface area contributed by atoms with Crippen LogP contribution in [0.4, 0.5) is 0 Å². The highest BCUT2D eigenvalue weighted by Crippen LogP contribution is 2.16. The molecule has 1 rings (SSSR count). The van der Waals surface area contributed by atoms with Gasteiger partial charge in [0.15, 0.2) is 11.6 Å². The molecule has 4 heteroatoms. The van der Waals surface area contributed by atoms with Gasteiger partial charge < -0.3 is 0 Å². The highest BCUT2D eigenvalue weighted by molar-refractivity contribution is 14.1. The molecule has 0 bridgehead atoms. The minimum absolute atomic E-state index is 0.121. The van der Waals surface area contributed by atoms with Crippen LogP contribution in [-0.4, -0.2) is 11.6 Å². The van der Waals surface area contributed by atoms with Gasteiger partial charge in [0.25, 0.3) is 0 Å². The first-order valence-electron chi connectivity index (χ1n) is 4.18. The zero-order chi connectivity index (χ0) is 11.4. The van der Waals surface area contributed by atoms with Crippen LogP contribution in [0.5, 0.6) is 0 Å². The molecule has 2 nitrogen and oxygen atoms in total. The van der Waals surface area contributed by atoms with Crippen molar-refractivity contribution in [2.45, 2.75) is 6.92 Å². The van der Waals surface area contributed by atoms with Gasteiger partial charge in [-0.25, -0.2) is 0 Å². The topological polar surface area (TPSA) is 34.1 Å². The van der Waals surface area contributed by atoms with Crippen LogP contribution in [0.15, 0.2) is 30.4 Å². The number of hydrogen-bond donors (Lipinski definition) is 0. The zero-order valence-corrected chi connectivity index (χ0v) is 12.3. The summed E-state index contributed by atoms with van der Waals surface area (Å²) in [7, 11) is 0. The molecule has 15 heavy (non-hydrogen) atoms. The molecule has 1 aromatic rings. The van der Waals surface area contributed by atoms with Gasteiger partial charge in [0.05, 0.1) is 0 Å². The number of allylic oxidation sites excluding steroid dienone is 2. The van der Waals surface area contributed by atoms with Gasteiger partial charge in [-0.1, -0.05) is 0 Å². The number of carbonyl (C=O) groups is 2. The second-order valence-corrected chi connectivity index (χ2v) is 5.34. The van der Waals surface area contributed by atoms with E-state index in [4.69, 9.17) is 0 Å². The third kappa shape index (κ3) is 4.02. The Bertz CT molecular complexity index is 436. The Kier molecular flexibility index (Phi) is 4.91. The maximum atomic E-state index is 11.7. The van der Waals surface area contributed by atoms with Crippen molar-refractivity contribution < 1.29 is 9.59 Å². The van der Waals surface area contributed by atoms with Gasteiger partial charge in [0, 0.05) is 12.7 Å². The molecule has 0 fully saturated rings. The van der Waals surface area contributed by atoms with Gasteiger partial charge in [-0.05, 0) is 82.5 Å². The first-order chi connectivity index (χ1) is 7.00. The van der Waals surface area contributed by atoms with Gasteiger partial charge in [-0.2, -0.15) is 0 Å². The maximum Gasteiger partial charge on any atom is 0.187 e. The lowest BCUT2D eigenvalue weighted by Gasteiger charge is -2.00. The number of ketones is 2. The molecule has 0 heterocycles. The van der Waals surface area contributed by atoms with Crippen molar-refractivity contribution in [2.24, 2.45) is 0 Å². The van der Waals surface area contributed by atoms with E-state index >= 15 is 0 Å². The molecule has 0 N–H and O–H groups in total. The number of halogens is 2. The van der Waals surface area contributed by atoms with Gasteiger partial charge in [0.2, 0.25) is 0 Å². The molecule has 0 aliphatic heterocycles. The Labute approximate surface area is 115 Å². The Morgan fingerprint density at radius 1 is 1.20 bits per heavy atom. The monoisotopic (exact) mass is 426 g/mol. The summed E-state index contributed by atoms with van der Waals surface area (Å²) in [6.07, 6.45) is 2.61. The molecule has 78 valence electrons. The van der Waals surface area contributed by atoms with Gasteiger partial charge >= 0.3 is 0 Å². The molecule has 0 saturated heterocycles. The van der Waals surface area contributed by atoms with E-state index in [1.54, 1.807) is 0 Å². The normalized spacial score (nSPS) is 10.6. The molecule has 0 saturated carbocycles. The molecule has 0 amide bonds. The number of rotatable bonds is 3. The predicted molar refractivity (Wildman–Crippen MR) is 76.0 cm³/mol. The van der Waals surface area contributed by atoms with Crippen LogP contribution in [0.25, 0.3) is 0 Å². The van der Waals surface area contributed by atoms with Crippen molar-refractivity contribution in [3.63, 3.8) is 0 Å². The fourth-order valence-corrected chi connectivity index (χ4v) is 2.06. The van der Waals surface area contributed by atoms with E-state index in [0.29, 0.717) is 5.56 Å². The number of carbonyl (C=O) groups excluding carboxylic acids is 2. The van der Waals surface area contributed by atoms with Crippen molar-refractivity contribution in [3.8, 4) is 0 Å². The highest BCUT2D eigenvalue weighted by Gasteiger charge is 2.07. The van der Waals surface area contributed by atoms with E-state index in [9.17, 15) is 9.59 Å². The van der Waals surface area contributed by atoms with Crippen molar-refractivity contribution in [1.82, 2.24) is 0 Å². The minimum Gasteiger partial charge on any atom is -0.295 e. The lowest BCUT2D eigenvalue weighted by Crippen LogP contribution is -1.99. The largest absolute Gasteiger partial charge is 0.295 e. The van der Waals surface area contributed by atoms with Gasteiger partial charge in [0.1, 0.15) is 0 Å². The Balaban J connectivity index is 3.01. The summed E-state index contributed by atoms with van der Waals surface area (Å²) in [5.74, 6) is -0.253. The fraction of sp³-hybridized carbons (Fsp3) is 0.0909. The molecule has 0 aliphatic rings. The summed E-state index contributed by atoms with van der Waals surface area (Å²) in [4.78, 5) is 22.4. The zero-order valence-electron chi connectivity index (χ0n) is 7.96. The minimum atomic E-state index is -0.131. The van der Waals surface area contributed by atoms with Crippen LogP contribution in [0, 0.1) is 7.14 Å². The SMILES string of the molecule is CC(=O)/C=C/C(=O)c1cc(I)ccc1I. The lowest BCUT2D eigenvalue weighted by atomic mass is 10.1. The Hall–Kier alpha value is -0.240. The maximum absolute atomic E-state index is 11.7. The van der Waals surface area contributed by atoms with Crippen LogP contribution in [0.1, 0.15) is 17.3 Å². The lowest BCUT2D eigenvalue weighted by molar-refractivity contribution is -0.112. The summed E-state index contributed by atoms with van der Waals surface area (Å²) in [5, 5.41) is 0. The standard InChI is InChI=1S/C11H8I2O2/c1-7(14)2-5-11(15)9-6-8(12)3-4-10(9)13/h2-6H,1H3/b5-2+. The molecule has 0 unspecified atom stereocenters. The van der Waals surface area contributed by atoms with Crippen LogP contribution < -0.4 is 0 Å². The van der Waals surface area contributed by atoms with Crippen LogP contribution in [-0.2, 0) is 4.79 Å². The summed E-state index contributed by atoms with van der Waals surface area (Å²) in [5.41, 5.74) is 0.639. The number of hydrogen-bond acceptors (Lipinski definition) is 2.